The maximum absolute atomic E-state index is 6.99. The molecule has 0 bridgehead atoms. The van der Waals surface area contributed by atoms with Crippen LogP contribution in [0.25, 0.3) is 127 Å². The van der Waals surface area contributed by atoms with Crippen molar-refractivity contribution in [2.75, 3.05) is 0 Å². The molecule has 13 aromatic rings. The summed E-state index contributed by atoms with van der Waals surface area (Å²) in [4.78, 5) is 15.6. The van der Waals surface area contributed by atoms with Crippen LogP contribution >= 0.6 is 0 Å². The second kappa shape index (κ2) is 13.6. The van der Waals surface area contributed by atoms with E-state index in [2.05, 4.69) is 168 Å². The Labute approximate surface area is 355 Å². The largest absolute Gasteiger partial charge is 0.454 e. The Hall–Kier alpha value is -8.41. The van der Waals surface area contributed by atoms with Crippen LogP contribution in [-0.4, -0.2) is 19.5 Å². The zero-order chi connectivity index (χ0) is 40.7. The summed E-state index contributed by atoms with van der Waals surface area (Å²) in [5, 5.41) is 11.4. The van der Waals surface area contributed by atoms with E-state index in [0.29, 0.717) is 17.5 Å². The summed E-state index contributed by atoms with van der Waals surface area (Å²) in [6, 6.07) is 72.9. The van der Waals surface area contributed by atoms with Crippen molar-refractivity contribution in [2.45, 2.75) is 0 Å². The summed E-state index contributed by atoms with van der Waals surface area (Å²) < 4.78 is 9.37. The fourth-order valence-electron chi connectivity index (χ4n) is 9.37. The number of rotatable bonds is 5. The van der Waals surface area contributed by atoms with Gasteiger partial charge in [0.05, 0.1) is 16.7 Å². The number of fused-ring (bicyclic) bond motifs is 9. The van der Waals surface area contributed by atoms with Crippen molar-refractivity contribution in [3.8, 4) is 51.0 Å². The highest BCUT2D eigenvalue weighted by Crippen LogP contribution is 2.44. The maximum Gasteiger partial charge on any atom is 0.164 e. The molecule has 5 heteroatoms. The molecule has 0 amide bonds. The van der Waals surface area contributed by atoms with Crippen LogP contribution in [0.15, 0.2) is 211 Å². The average molecular weight is 791 g/mol. The van der Waals surface area contributed by atoms with Crippen molar-refractivity contribution < 1.29 is 4.42 Å². The minimum atomic E-state index is 0.581. The van der Waals surface area contributed by atoms with Gasteiger partial charge in [-0.25, -0.2) is 15.0 Å². The molecule has 0 fully saturated rings. The van der Waals surface area contributed by atoms with Gasteiger partial charge in [0.15, 0.2) is 23.1 Å². The van der Waals surface area contributed by atoms with Crippen LogP contribution in [0.2, 0.25) is 0 Å². The number of furan rings is 1. The normalized spacial score (nSPS) is 11.9. The van der Waals surface area contributed by atoms with Gasteiger partial charge in [-0.05, 0) is 104 Å². The molecule has 0 aliphatic heterocycles. The molecular weight excluding hydrogens is 757 g/mol. The molecule has 0 spiro atoms. The highest BCUT2D eigenvalue weighted by atomic mass is 16.3. The quantitative estimate of drug-likeness (QED) is 0.163. The summed E-state index contributed by atoms with van der Waals surface area (Å²) in [7, 11) is 0. The summed E-state index contributed by atoms with van der Waals surface area (Å²) in [5.41, 5.74) is 9.78. The second-order valence-corrected chi connectivity index (χ2v) is 16.0. The van der Waals surface area contributed by atoms with Crippen molar-refractivity contribution in [3.05, 3.63) is 206 Å². The first-order chi connectivity index (χ1) is 30.7. The zero-order valence-electron chi connectivity index (χ0n) is 33.3. The molecule has 288 valence electrons. The number of para-hydroxylation sites is 1. The molecular formula is C57H34N4O. The number of hydrogen-bond donors (Lipinski definition) is 0. The van der Waals surface area contributed by atoms with E-state index in [1.165, 1.54) is 48.8 Å². The van der Waals surface area contributed by atoms with Crippen LogP contribution in [0, 0.1) is 0 Å². The van der Waals surface area contributed by atoms with E-state index in [0.717, 1.165) is 60.7 Å². The molecule has 3 aromatic heterocycles. The van der Waals surface area contributed by atoms with Crippen molar-refractivity contribution >= 4 is 76.1 Å². The van der Waals surface area contributed by atoms with Gasteiger partial charge in [0, 0.05) is 38.2 Å². The van der Waals surface area contributed by atoms with Gasteiger partial charge in [-0.15, -0.1) is 0 Å². The lowest BCUT2D eigenvalue weighted by Crippen LogP contribution is -2.01. The highest BCUT2D eigenvalue weighted by Gasteiger charge is 2.23. The Balaban J connectivity index is 1.10. The van der Waals surface area contributed by atoms with Gasteiger partial charge in [-0.2, -0.15) is 0 Å². The van der Waals surface area contributed by atoms with E-state index < -0.39 is 0 Å². The summed E-state index contributed by atoms with van der Waals surface area (Å²) in [5.74, 6) is 1.80. The van der Waals surface area contributed by atoms with Crippen LogP contribution in [0.1, 0.15) is 0 Å². The second-order valence-electron chi connectivity index (χ2n) is 16.0. The first-order valence-corrected chi connectivity index (χ1v) is 20.9. The van der Waals surface area contributed by atoms with E-state index in [1.807, 2.05) is 42.5 Å². The Morgan fingerprint density at radius 3 is 1.71 bits per heavy atom. The Bertz CT molecular complexity index is 3920. The summed E-state index contributed by atoms with van der Waals surface area (Å²) in [6.07, 6.45) is 0. The Morgan fingerprint density at radius 2 is 0.935 bits per heavy atom. The van der Waals surface area contributed by atoms with E-state index >= 15 is 0 Å². The fraction of sp³-hybridized carbons (Fsp3) is 0. The topological polar surface area (TPSA) is 56.7 Å². The Morgan fingerprint density at radius 1 is 0.339 bits per heavy atom. The lowest BCUT2D eigenvalue weighted by molar-refractivity contribution is 0.666. The van der Waals surface area contributed by atoms with Gasteiger partial charge in [-0.1, -0.05) is 146 Å². The first-order valence-electron chi connectivity index (χ1n) is 20.9. The first kappa shape index (κ1) is 34.5. The lowest BCUT2D eigenvalue weighted by Gasteiger charge is -2.13. The number of benzene rings is 10. The lowest BCUT2D eigenvalue weighted by atomic mass is 10.00. The molecule has 0 saturated heterocycles. The summed E-state index contributed by atoms with van der Waals surface area (Å²) >= 11 is 0. The monoisotopic (exact) mass is 790 g/mol. The molecule has 13 rings (SSSR count). The highest BCUT2D eigenvalue weighted by molar-refractivity contribution is 6.19. The van der Waals surface area contributed by atoms with Crippen LogP contribution in [0.3, 0.4) is 0 Å². The molecule has 3 heterocycles. The standard InChI is InChI=1S/C57H34N4O/c1-3-13-35(14-4-1)41-25-27-49-47(32-41)48-33-43-30-39-19-9-10-20-40(39)31-44(43)34-51(48)61(49)50-28-26-46(53-45-21-11-12-22-52(45)62-54(50)53)57-59-55(37-16-5-2-6-17-37)58-56(60-57)42-24-23-36-15-7-8-18-38(36)29-42/h1-34H. The van der Waals surface area contributed by atoms with E-state index in [-0.39, 0.29) is 0 Å². The Kier molecular flexibility index (Phi) is 7.54. The van der Waals surface area contributed by atoms with Crippen molar-refractivity contribution in [2.24, 2.45) is 0 Å². The van der Waals surface area contributed by atoms with Gasteiger partial charge in [0.1, 0.15) is 5.58 Å². The molecule has 0 aliphatic rings. The van der Waals surface area contributed by atoms with Crippen LogP contribution in [0.5, 0.6) is 0 Å². The van der Waals surface area contributed by atoms with E-state index in [9.17, 15) is 0 Å². The number of aromatic nitrogens is 4. The van der Waals surface area contributed by atoms with Gasteiger partial charge < -0.3 is 8.98 Å². The third-order valence-corrected chi connectivity index (χ3v) is 12.4. The predicted octanol–water partition coefficient (Wildman–Crippen LogP) is 15.0. The smallest absolute Gasteiger partial charge is 0.164 e. The molecule has 62 heavy (non-hydrogen) atoms. The van der Waals surface area contributed by atoms with E-state index in [4.69, 9.17) is 19.4 Å². The molecule has 0 saturated carbocycles. The van der Waals surface area contributed by atoms with Crippen molar-refractivity contribution in [1.29, 1.82) is 0 Å². The number of nitrogens with zero attached hydrogens (tertiary/aromatic N) is 4. The minimum Gasteiger partial charge on any atom is -0.454 e. The number of hydrogen-bond acceptors (Lipinski definition) is 4. The van der Waals surface area contributed by atoms with Gasteiger partial charge >= 0.3 is 0 Å². The molecule has 0 radical (unpaired) electrons. The zero-order valence-corrected chi connectivity index (χ0v) is 33.3. The summed E-state index contributed by atoms with van der Waals surface area (Å²) in [6.45, 7) is 0. The third-order valence-electron chi connectivity index (χ3n) is 12.4. The van der Waals surface area contributed by atoms with Crippen LogP contribution in [0.4, 0.5) is 0 Å². The van der Waals surface area contributed by atoms with E-state index in [1.54, 1.807) is 0 Å². The SMILES string of the molecule is c1ccc(-c2ccc3c(c2)c2cc4cc5ccccc5cc4cc2n3-c2ccc(-c3nc(-c4ccccc4)nc(-c4ccc5ccccc5c4)n3)c3c2oc2ccccc23)cc1. The predicted molar refractivity (Wildman–Crippen MR) is 256 cm³/mol. The van der Waals surface area contributed by atoms with Crippen molar-refractivity contribution in [1.82, 2.24) is 19.5 Å². The minimum absolute atomic E-state index is 0.581. The van der Waals surface area contributed by atoms with Gasteiger partial charge in [0.2, 0.25) is 0 Å². The van der Waals surface area contributed by atoms with Crippen molar-refractivity contribution in [3.63, 3.8) is 0 Å². The molecule has 0 N–H and O–H groups in total. The van der Waals surface area contributed by atoms with Gasteiger partial charge in [-0.3, -0.25) is 0 Å². The molecule has 0 aliphatic carbocycles. The van der Waals surface area contributed by atoms with Gasteiger partial charge in [0.25, 0.3) is 0 Å². The molecule has 0 atom stereocenters. The van der Waals surface area contributed by atoms with Crippen LogP contribution < -0.4 is 0 Å². The fourth-order valence-corrected chi connectivity index (χ4v) is 9.37. The molecule has 5 nitrogen and oxygen atoms in total. The third kappa shape index (κ3) is 5.45. The average Bonchev–Trinajstić information content (AvgIpc) is 3.88. The molecule has 10 aromatic carbocycles. The maximum atomic E-state index is 6.99. The molecule has 0 unspecified atom stereocenters. The van der Waals surface area contributed by atoms with Crippen LogP contribution in [-0.2, 0) is 0 Å².